The first-order chi connectivity index (χ1) is 32.8. The average Bonchev–Trinajstić information content (AvgIpc) is 3.74. The number of urea groups is 1. The van der Waals surface area contributed by atoms with Crippen LogP contribution in [0, 0.1) is 13.8 Å². The molecule has 69 heavy (non-hydrogen) atoms. The van der Waals surface area contributed by atoms with Gasteiger partial charge in [0.25, 0.3) is 17.7 Å². The minimum Gasteiger partial charge on any atom is -0.493 e. The van der Waals surface area contributed by atoms with Gasteiger partial charge in [-0.05, 0) is 109 Å². The maximum atomic E-state index is 13.9. The normalized spacial score (nSPS) is 13.3. The minimum absolute atomic E-state index is 0.0351. The predicted octanol–water partition coefficient (Wildman–Crippen LogP) is 8.54. The van der Waals surface area contributed by atoms with Crippen LogP contribution in [0.2, 0.25) is 0 Å². The van der Waals surface area contributed by atoms with Gasteiger partial charge < -0.3 is 56.9 Å². The summed E-state index contributed by atoms with van der Waals surface area (Å²) >= 11 is 0. The molecule has 1 atom stereocenters. The molecule has 360 valence electrons. The molecule has 5 aromatic rings. The molecule has 8 N–H and O–H groups in total. The quantitative estimate of drug-likeness (QED) is 0.0498. The van der Waals surface area contributed by atoms with Crippen LogP contribution >= 0.6 is 0 Å². The van der Waals surface area contributed by atoms with E-state index in [1.807, 2.05) is 6.08 Å². The number of ether oxygens (including phenoxy) is 2. The van der Waals surface area contributed by atoms with Crippen LogP contribution in [-0.2, 0) is 22.2 Å². The molecule has 0 radical (unpaired) electrons. The van der Waals surface area contributed by atoms with Crippen molar-refractivity contribution in [1.82, 2.24) is 9.80 Å². The van der Waals surface area contributed by atoms with Gasteiger partial charge in [0.2, 0.25) is 5.91 Å². The van der Waals surface area contributed by atoms with Crippen molar-refractivity contribution in [2.75, 3.05) is 67.3 Å². The lowest BCUT2D eigenvalue weighted by Crippen LogP contribution is -2.36. The Morgan fingerprint density at radius 1 is 0.710 bits per heavy atom. The van der Waals surface area contributed by atoms with Crippen molar-refractivity contribution in [3.63, 3.8) is 0 Å². The smallest absolute Gasteiger partial charge is 0.416 e. The Balaban J connectivity index is 1.36. The van der Waals surface area contributed by atoms with Gasteiger partial charge in [0, 0.05) is 85.1 Å². The summed E-state index contributed by atoms with van der Waals surface area (Å²) in [5.41, 5.74) is 8.81. The first-order valence-corrected chi connectivity index (χ1v) is 21.4. The Morgan fingerprint density at radius 2 is 1.36 bits per heavy atom. The first-order valence-electron chi connectivity index (χ1n) is 21.4. The monoisotopic (exact) mass is 947 g/mol. The second-order valence-corrected chi connectivity index (χ2v) is 16.2. The Morgan fingerprint density at radius 3 is 2.01 bits per heavy atom. The van der Waals surface area contributed by atoms with Crippen LogP contribution in [-0.4, -0.2) is 80.9 Å². The molecule has 0 spiro atoms. The van der Waals surface area contributed by atoms with Gasteiger partial charge in [-0.25, -0.2) is 4.79 Å². The lowest BCUT2D eigenvalue weighted by Gasteiger charge is -2.22. The molecule has 5 aromatic carbocycles. The number of amides is 6. The summed E-state index contributed by atoms with van der Waals surface area (Å²) in [4.78, 5) is 71.2. The van der Waals surface area contributed by atoms with Crippen LogP contribution in [0.25, 0.3) is 0 Å². The summed E-state index contributed by atoms with van der Waals surface area (Å²) in [6, 6.07) is 20.3. The number of carbonyl (C=O) groups is 5. The molecule has 0 aliphatic carbocycles. The number of anilines is 6. The van der Waals surface area contributed by atoms with E-state index in [0.717, 1.165) is 18.2 Å². The summed E-state index contributed by atoms with van der Waals surface area (Å²) in [5, 5.41) is 16.7. The van der Waals surface area contributed by atoms with E-state index in [0.29, 0.717) is 51.5 Å². The van der Waals surface area contributed by atoms with Crippen molar-refractivity contribution in [3.8, 4) is 11.5 Å². The van der Waals surface area contributed by atoms with Crippen molar-refractivity contribution < 1.29 is 46.6 Å². The van der Waals surface area contributed by atoms with Crippen LogP contribution in [0.1, 0.15) is 55.0 Å². The number of nitrogens with two attached hydrogens (primary N) is 1. The zero-order valence-electron chi connectivity index (χ0n) is 38.8. The summed E-state index contributed by atoms with van der Waals surface area (Å²) in [7, 11) is 8.05. The molecule has 1 aliphatic heterocycles. The number of likely N-dealkylation sites (N-methyl/N-ethyl adjacent to an activating group) is 2. The number of hydrogen-bond donors (Lipinski definition) is 7. The molecular weight excluding hydrogens is 896 g/mol. The fraction of sp³-hybridized carbons (Fsp3) is 0.220. The molecule has 0 bridgehead atoms. The highest BCUT2D eigenvalue weighted by Crippen LogP contribution is 2.34. The molecule has 16 nitrogen and oxygen atoms in total. The number of benzene rings is 5. The molecule has 6 rings (SSSR count). The molecular formula is C50H52F3N9O7. The summed E-state index contributed by atoms with van der Waals surface area (Å²) in [6.07, 6.45) is 0.637. The molecule has 6 amide bonds. The molecule has 1 aliphatic rings. The van der Waals surface area contributed by atoms with E-state index in [-0.39, 0.29) is 51.9 Å². The third-order valence-corrected chi connectivity index (χ3v) is 11.2. The Bertz CT molecular complexity index is 2860. The van der Waals surface area contributed by atoms with Gasteiger partial charge in [0.1, 0.15) is 11.7 Å². The number of methoxy groups -OCH3 is 2. The SMILES string of the molecule is COc1ccc(NC(=O)c2ccc(Cc3cc(C)c(NC(=O)c4ccc(C)c(NC(=O)/C(=C/N)N(C)C)c4)cc3NC(=O)Nc3cccc(C(F)(F)F)c3)c(NC(=O)C3CC=CN3C)c2)cc1OC. The third kappa shape index (κ3) is 12.3. The maximum absolute atomic E-state index is 13.9. The molecule has 0 saturated carbocycles. The van der Waals surface area contributed by atoms with Gasteiger partial charge >= 0.3 is 12.2 Å². The number of halogens is 3. The Labute approximate surface area is 396 Å². The molecule has 0 aromatic heterocycles. The zero-order valence-corrected chi connectivity index (χ0v) is 38.8. The van der Waals surface area contributed by atoms with Crippen LogP contribution < -0.4 is 47.1 Å². The van der Waals surface area contributed by atoms with Gasteiger partial charge in [0.05, 0.1) is 19.8 Å². The van der Waals surface area contributed by atoms with E-state index in [4.69, 9.17) is 15.2 Å². The van der Waals surface area contributed by atoms with Crippen LogP contribution in [0.3, 0.4) is 0 Å². The van der Waals surface area contributed by atoms with Gasteiger partial charge in [-0.15, -0.1) is 0 Å². The number of nitrogens with zero attached hydrogens (tertiary/aromatic N) is 2. The third-order valence-electron chi connectivity index (χ3n) is 11.2. The second kappa shape index (κ2) is 21.4. The fourth-order valence-electron chi connectivity index (χ4n) is 7.37. The average molecular weight is 948 g/mol. The number of hydrogen-bond acceptors (Lipinski definition) is 10. The molecule has 0 saturated heterocycles. The van der Waals surface area contributed by atoms with Crippen LogP contribution in [0.15, 0.2) is 115 Å². The van der Waals surface area contributed by atoms with E-state index in [1.165, 1.54) is 44.7 Å². The largest absolute Gasteiger partial charge is 0.493 e. The Kier molecular flexibility index (Phi) is 15.5. The van der Waals surface area contributed by atoms with Gasteiger partial charge in [0.15, 0.2) is 11.5 Å². The highest BCUT2D eigenvalue weighted by molar-refractivity contribution is 6.09. The van der Waals surface area contributed by atoms with E-state index in [9.17, 15) is 37.1 Å². The van der Waals surface area contributed by atoms with E-state index in [2.05, 4.69) is 31.9 Å². The van der Waals surface area contributed by atoms with E-state index < -0.39 is 41.5 Å². The molecule has 19 heteroatoms. The van der Waals surface area contributed by atoms with Crippen LogP contribution in [0.5, 0.6) is 11.5 Å². The second-order valence-electron chi connectivity index (χ2n) is 16.2. The van der Waals surface area contributed by atoms with Gasteiger partial charge in [-0.2, -0.15) is 13.2 Å². The van der Waals surface area contributed by atoms with Crippen molar-refractivity contribution >= 4 is 63.8 Å². The maximum Gasteiger partial charge on any atom is 0.416 e. The van der Waals surface area contributed by atoms with Crippen molar-refractivity contribution in [2.24, 2.45) is 5.73 Å². The van der Waals surface area contributed by atoms with Gasteiger partial charge in [-0.1, -0.05) is 30.3 Å². The standard InChI is InChI=1S/C50H52F3N9O7/c1-28-13-14-31(22-37(28)58-48(66)42(27-54)61(3)4)46(64)57-38-26-40(60-49(67)56-35-11-8-10-34(24-35)50(51,52)53)33(20-29(38)2)21-30-15-16-32(23-39(30)59-47(65)41-12-9-19-62(41)5)45(63)55-36-17-18-43(68-6)44(25-36)69-7/h8-11,13-20,22-27,41H,12,21,54H2,1-7H3,(H,55,63)(H,57,64)(H,58,66)(H,59,65)(H2,56,60,67)/b42-27-. The van der Waals surface area contributed by atoms with Crippen molar-refractivity contribution in [3.05, 3.63) is 154 Å². The number of rotatable bonds is 15. The predicted molar refractivity (Wildman–Crippen MR) is 260 cm³/mol. The fourth-order valence-corrected chi connectivity index (χ4v) is 7.37. The minimum atomic E-state index is -4.66. The van der Waals surface area contributed by atoms with Crippen LogP contribution in [0.4, 0.5) is 52.1 Å². The van der Waals surface area contributed by atoms with E-state index >= 15 is 0 Å². The lowest BCUT2D eigenvalue weighted by molar-refractivity contribution is -0.137. The summed E-state index contributed by atoms with van der Waals surface area (Å²) < 4.78 is 51.4. The van der Waals surface area contributed by atoms with Crippen molar-refractivity contribution in [2.45, 2.75) is 38.9 Å². The summed E-state index contributed by atoms with van der Waals surface area (Å²) in [5.74, 6) is -1.05. The summed E-state index contributed by atoms with van der Waals surface area (Å²) in [6.45, 7) is 3.48. The highest BCUT2D eigenvalue weighted by atomic mass is 19.4. The molecule has 0 fully saturated rings. The molecule has 1 heterocycles. The Hall–Kier alpha value is -8.48. The molecule has 1 unspecified atom stereocenters. The number of nitrogens with one attached hydrogen (secondary N) is 6. The number of alkyl halides is 3. The highest BCUT2D eigenvalue weighted by Gasteiger charge is 2.31. The number of aryl methyl sites for hydroxylation is 2. The zero-order chi connectivity index (χ0) is 50.2. The lowest BCUT2D eigenvalue weighted by atomic mass is 9.97. The van der Waals surface area contributed by atoms with E-state index in [1.54, 1.807) is 99.5 Å². The first kappa shape index (κ1) is 49.9. The van der Waals surface area contributed by atoms with Crippen molar-refractivity contribution in [1.29, 1.82) is 0 Å². The van der Waals surface area contributed by atoms with Gasteiger partial charge in [-0.3, -0.25) is 19.2 Å². The number of carbonyl (C=O) groups excluding carboxylic acids is 5. The topological polar surface area (TPSA) is 208 Å².